The number of rotatable bonds is 12. The van der Waals surface area contributed by atoms with Crippen molar-refractivity contribution in [3.63, 3.8) is 0 Å². The summed E-state index contributed by atoms with van der Waals surface area (Å²) in [4.78, 5) is 32.6. The highest BCUT2D eigenvalue weighted by Crippen LogP contribution is 2.41. The Labute approximate surface area is 350 Å². The maximum Gasteiger partial charge on any atom is 0.337 e. The minimum atomic E-state index is -1.80. The molecule has 302 valence electrons. The average Bonchev–Trinajstić information content (AvgIpc) is 4.10. The Bertz CT molecular complexity index is 2560. The van der Waals surface area contributed by atoms with E-state index in [1.54, 1.807) is 6.07 Å². The highest BCUT2D eigenvalue weighted by molar-refractivity contribution is 9.10. The molecule has 0 amide bonds. The standard InChI is InChI=1S/C28H36N2O3Si.C19H17BrN2O2/c1-28(2,3)34(5,6)33-13-7-8-21-14-19(15-22-11-12-30(4)26(21)22)16-25-24(27(31)32)17-23(18-29-25)20-9-10-20;1-22-5-4-13-6-11(7-16(20)18(13)22)8-17-15(19(23)24)9-14(10-21-17)12-2-3-12/h7-8,11-12,14-15,17-18,20H,9-10,13,16H2,1-6H3,(H,31,32);4-7,9-10,12H,2-3,8H2,1H3,(H,23,24)/b8-7+;. The molecule has 2 aliphatic carbocycles. The van der Waals surface area contributed by atoms with Gasteiger partial charge in [-0.2, -0.15) is 0 Å². The summed E-state index contributed by atoms with van der Waals surface area (Å²) in [7, 11) is 2.25. The number of carboxylic acid groups (broad SMARTS) is 2. The molecular formula is C47H53BrN4O5Si. The molecule has 2 fully saturated rings. The fourth-order valence-corrected chi connectivity index (χ4v) is 9.05. The smallest absolute Gasteiger partial charge is 0.337 e. The number of carbonyl (C=O) groups is 2. The number of hydrogen-bond donors (Lipinski definition) is 2. The Kier molecular flexibility index (Phi) is 11.7. The van der Waals surface area contributed by atoms with Gasteiger partial charge in [0.15, 0.2) is 8.32 Å². The molecule has 0 spiro atoms. The number of halogens is 1. The number of aromatic nitrogens is 4. The Morgan fingerprint density at radius 1 is 0.793 bits per heavy atom. The van der Waals surface area contributed by atoms with E-state index in [1.807, 2.05) is 44.8 Å². The summed E-state index contributed by atoms with van der Waals surface area (Å²) in [5.41, 5.74) is 9.47. The van der Waals surface area contributed by atoms with E-state index in [2.05, 4.69) is 118 Å². The maximum atomic E-state index is 12.0. The second kappa shape index (κ2) is 16.4. The first kappa shape index (κ1) is 41.3. The van der Waals surface area contributed by atoms with E-state index < -0.39 is 20.3 Å². The molecule has 0 bridgehead atoms. The van der Waals surface area contributed by atoms with Crippen molar-refractivity contribution in [3.8, 4) is 0 Å². The zero-order valence-electron chi connectivity index (χ0n) is 34.5. The van der Waals surface area contributed by atoms with Crippen LogP contribution in [0.5, 0.6) is 0 Å². The molecule has 9 nitrogen and oxygen atoms in total. The zero-order chi connectivity index (χ0) is 41.5. The molecule has 6 aromatic rings. The lowest BCUT2D eigenvalue weighted by Crippen LogP contribution is -2.40. The van der Waals surface area contributed by atoms with Crippen molar-refractivity contribution in [2.24, 2.45) is 14.1 Å². The lowest BCUT2D eigenvalue weighted by atomic mass is 9.99. The van der Waals surface area contributed by atoms with Crippen LogP contribution in [0.4, 0.5) is 0 Å². The third kappa shape index (κ3) is 9.22. The van der Waals surface area contributed by atoms with E-state index >= 15 is 0 Å². The van der Waals surface area contributed by atoms with Crippen LogP contribution in [0, 0.1) is 0 Å². The van der Waals surface area contributed by atoms with Gasteiger partial charge >= 0.3 is 11.9 Å². The van der Waals surface area contributed by atoms with Gasteiger partial charge in [-0.25, -0.2) is 9.59 Å². The van der Waals surface area contributed by atoms with E-state index in [1.165, 1.54) is 0 Å². The summed E-state index contributed by atoms with van der Waals surface area (Å²) >= 11 is 3.62. The Morgan fingerprint density at radius 3 is 1.76 bits per heavy atom. The first-order chi connectivity index (χ1) is 27.5. The number of pyridine rings is 2. The van der Waals surface area contributed by atoms with Crippen LogP contribution >= 0.6 is 15.9 Å². The summed E-state index contributed by atoms with van der Waals surface area (Å²) in [6.07, 6.45) is 17.5. The van der Waals surface area contributed by atoms with Crippen molar-refractivity contribution >= 4 is 64.1 Å². The van der Waals surface area contributed by atoms with Gasteiger partial charge in [-0.15, -0.1) is 0 Å². The fraction of sp³-hybridized carbons (Fsp3) is 0.362. The predicted molar refractivity (Wildman–Crippen MR) is 238 cm³/mol. The number of aryl methyl sites for hydroxylation is 2. The number of aromatic carboxylic acids is 2. The molecule has 2 aliphatic rings. The molecule has 58 heavy (non-hydrogen) atoms. The summed E-state index contributed by atoms with van der Waals surface area (Å²) < 4.78 is 11.5. The van der Waals surface area contributed by atoms with Crippen molar-refractivity contribution in [2.75, 3.05) is 6.61 Å². The van der Waals surface area contributed by atoms with Gasteiger partial charge in [-0.1, -0.05) is 32.9 Å². The quantitative estimate of drug-likeness (QED) is 0.118. The number of hydrogen-bond acceptors (Lipinski definition) is 5. The maximum absolute atomic E-state index is 12.0. The van der Waals surface area contributed by atoms with Crippen molar-refractivity contribution in [3.05, 3.63) is 134 Å². The molecule has 0 atom stereocenters. The van der Waals surface area contributed by atoms with E-state index in [0.29, 0.717) is 53.8 Å². The lowest BCUT2D eigenvalue weighted by molar-refractivity contribution is 0.0684. The average molecular weight is 862 g/mol. The fourth-order valence-electron chi connectivity index (χ4n) is 7.31. The van der Waals surface area contributed by atoms with Crippen LogP contribution in [0.2, 0.25) is 18.1 Å². The van der Waals surface area contributed by atoms with Gasteiger partial charge in [0, 0.05) is 67.0 Å². The molecule has 4 aromatic heterocycles. The molecule has 0 unspecified atom stereocenters. The number of benzene rings is 2. The Balaban J connectivity index is 0.000000187. The van der Waals surface area contributed by atoms with Crippen molar-refractivity contribution in [1.82, 2.24) is 19.1 Å². The predicted octanol–water partition coefficient (Wildman–Crippen LogP) is 11.3. The Morgan fingerprint density at radius 2 is 1.28 bits per heavy atom. The highest BCUT2D eigenvalue weighted by Gasteiger charge is 2.36. The molecule has 0 radical (unpaired) electrons. The van der Waals surface area contributed by atoms with Gasteiger partial charge in [-0.3, -0.25) is 9.97 Å². The van der Waals surface area contributed by atoms with Crippen LogP contribution in [0.25, 0.3) is 27.9 Å². The third-order valence-corrected chi connectivity index (χ3v) is 17.1. The minimum absolute atomic E-state index is 0.177. The van der Waals surface area contributed by atoms with Crippen LogP contribution in [0.3, 0.4) is 0 Å². The number of nitrogens with zero attached hydrogens (tertiary/aromatic N) is 4. The molecule has 2 saturated carbocycles. The SMILES string of the molecule is Cn1ccc2cc(Cc3ncc(C4CC4)cc3C(=O)O)cc(/C=C/CO[Si](C)(C)C(C)(C)C)c21.Cn1ccc2cc(Cc3ncc(C4CC4)cc3C(=O)O)cc(Br)c21. The first-order valence-corrected chi connectivity index (χ1v) is 23.8. The molecule has 2 N–H and O–H groups in total. The lowest BCUT2D eigenvalue weighted by Gasteiger charge is -2.35. The number of fused-ring (bicyclic) bond motifs is 2. The van der Waals surface area contributed by atoms with E-state index in [-0.39, 0.29) is 5.04 Å². The first-order valence-electron chi connectivity index (χ1n) is 20.0. The van der Waals surface area contributed by atoms with Crippen molar-refractivity contribution in [2.45, 2.75) is 89.3 Å². The molecule has 0 saturated heterocycles. The highest BCUT2D eigenvalue weighted by atomic mass is 79.9. The molecule has 8 rings (SSSR count). The van der Waals surface area contributed by atoms with E-state index in [0.717, 1.165) is 79.8 Å². The second-order valence-electron chi connectivity index (χ2n) is 17.5. The van der Waals surface area contributed by atoms with Crippen molar-refractivity contribution in [1.29, 1.82) is 0 Å². The van der Waals surface area contributed by atoms with Crippen LogP contribution in [-0.2, 0) is 31.4 Å². The van der Waals surface area contributed by atoms with Crippen LogP contribution in [-0.4, -0.2) is 56.2 Å². The Hall–Kier alpha value is -4.84. The van der Waals surface area contributed by atoms with Crippen LogP contribution in [0.1, 0.15) is 118 Å². The summed E-state index contributed by atoms with van der Waals surface area (Å²) in [6.45, 7) is 11.8. The van der Waals surface area contributed by atoms with Gasteiger partial charge in [0.25, 0.3) is 0 Å². The minimum Gasteiger partial charge on any atom is -0.478 e. The van der Waals surface area contributed by atoms with E-state index in [9.17, 15) is 19.8 Å². The van der Waals surface area contributed by atoms with Gasteiger partial charge in [-0.05, 0) is 148 Å². The molecule has 4 heterocycles. The summed E-state index contributed by atoms with van der Waals surface area (Å²) in [5.74, 6) is -0.835. The normalized spacial score (nSPS) is 14.6. The third-order valence-electron chi connectivity index (χ3n) is 12.0. The molecule has 0 aliphatic heterocycles. The molecule has 11 heteroatoms. The van der Waals surface area contributed by atoms with Gasteiger partial charge < -0.3 is 23.8 Å². The monoisotopic (exact) mass is 860 g/mol. The van der Waals surface area contributed by atoms with Gasteiger partial charge in [0.1, 0.15) is 0 Å². The van der Waals surface area contributed by atoms with Crippen LogP contribution < -0.4 is 0 Å². The van der Waals surface area contributed by atoms with Crippen molar-refractivity contribution < 1.29 is 24.2 Å². The van der Waals surface area contributed by atoms with Gasteiger partial charge in [0.2, 0.25) is 0 Å². The summed E-state index contributed by atoms with van der Waals surface area (Å²) in [6, 6.07) is 16.2. The summed E-state index contributed by atoms with van der Waals surface area (Å²) in [5, 5.41) is 21.8. The second-order valence-corrected chi connectivity index (χ2v) is 23.2. The zero-order valence-corrected chi connectivity index (χ0v) is 37.1. The van der Waals surface area contributed by atoms with Gasteiger partial charge in [0.05, 0.1) is 40.2 Å². The van der Waals surface area contributed by atoms with E-state index in [4.69, 9.17) is 4.43 Å². The topological polar surface area (TPSA) is 119 Å². The molecule has 2 aromatic carbocycles. The number of carboxylic acids is 2. The van der Waals surface area contributed by atoms with Crippen LogP contribution in [0.15, 0.2) is 83.9 Å². The largest absolute Gasteiger partial charge is 0.478 e. The molecular weight excluding hydrogens is 809 g/mol.